The van der Waals surface area contributed by atoms with E-state index in [0.717, 1.165) is 35.4 Å². The maximum Gasteiger partial charge on any atom is 0.254 e. The second kappa shape index (κ2) is 8.94. The lowest BCUT2D eigenvalue weighted by atomic mass is 9.98. The van der Waals surface area contributed by atoms with Gasteiger partial charge in [0.05, 0.1) is 5.69 Å². The van der Waals surface area contributed by atoms with Crippen LogP contribution in [0.4, 0.5) is 0 Å². The van der Waals surface area contributed by atoms with Gasteiger partial charge in [-0.25, -0.2) is 9.97 Å². The van der Waals surface area contributed by atoms with Crippen LogP contribution in [-0.4, -0.2) is 33.9 Å². The summed E-state index contributed by atoms with van der Waals surface area (Å²) in [6.07, 6.45) is 3.75. The topological polar surface area (TPSA) is 72.1 Å². The maximum atomic E-state index is 13.1. The zero-order valence-electron chi connectivity index (χ0n) is 17.0. The van der Waals surface area contributed by atoms with Gasteiger partial charge in [-0.15, -0.1) is 0 Å². The van der Waals surface area contributed by atoms with Gasteiger partial charge in [-0.05, 0) is 48.6 Å². The summed E-state index contributed by atoms with van der Waals surface area (Å²) >= 11 is 5.97. The van der Waals surface area contributed by atoms with E-state index in [2.05, 4.69) is 16.9 Å². The van der Waals surface area contributed by atoms with Gasteiger partial charge in [0.25, 0.3) is 5.91 Å². The Hall–Kier alpha value is -2.76. The zero-order chi connectivity index (χ0) is 21.1. The van der Waals surface area contributed by atoms with Crippen LogP contribution in [0.5, 0.6) is 0 Å². The molecule has 6 heteroatoms. The SMILES string of the molecule is C[C@@H]1CCc2ncnc(-c3ccc(C(=O)N(CCN)Cc4ccc(Cl)cc4)cc3)c21. The minimum atomic E-state index is -0.0387. The first kappa shape index (κ1) is 20.5. The molecule has 3 aromatic rings. The van der Waals surface area contributed by atoms with E-state index < -0.39 is 0 Å². The molecule has 0 aliphatic heterocycles. The first-order valence-corrected chi connectivity index (χ1v) is 10.6. The molecule has 1 atom stereocenters. The average molecular weight is 421 g/mol. The molecular weight excluding hydrogens is 396 g/mol. The molecule has 2 aromatic carbocycles. The number of rotatable bonds is 6. The summed E-state index contributed by atoms with van der Waals surface area (Å²) in [5.74, 6) is 0.417. The molecular formula is C24H25ClN4O. The quantitative estimate of drug-likeness (QED) is 0.639. The largest absolute Gasteiger partial charge is 0.333 e. The van der Waals surface area contributed by atoms with Gasteiger partial charge in [0.1, 0.15) is 6.33 Å². The van der Waals surface area contributed by atoms with Crippen molar-refractivity contribution in [2.75, 3.05) is 13.1 Å². The Morgan fingerprint density at radius 3 is 2.57 bits per heavy atom. The zero-order valence-corrected chi connectivity index (χ0v) is 17.8. The molecule has 0 spiro atoms. The third kappa shape index (κ3) is 4.23. The molecule has 1 aromatic heterocycles. The number of amides is 1. The van der Waals surface area contributed by atoms with E-state index in [-0.39, 0.29) is 5.91 Å². The minimum Gasteiger partial charge on any atom is -0.333 e. The van der Waals surface area contributed by atoms with E-state index in [1.54, 1.807) is 11.2 Å². The third-order valence-electron chi connectivity index (χ3n) is 5.65. The van der Waals surface area contributed by atoms with Gasteiger partial charge >= 0.3 is 0 Å². The van der Waals surface area contributed by atoms with Crippen molar-refractivity contribution >= 4 is 17.5 Å². The Bertz CT molecular complexity index is 1030. The summed E-state index contributed by atoms with van der Waals surface area (Å²) in [5.41, 5.74) is 11.8. The summed E-state index contributed by atoms with van der Waals surface area (Å²) in [7, 11) is 0. The van der Waals surface area contributed by atoms with E-state index in [4.69, 9.17) is 17.3 Å². The second-order valence-corrected chi connectivity index (χ2v) is 8.18. The number of aromatic nitrogens is 2. The molecule has 0 fully saturated rings. The number of nitrogens with zero attached hydrogens (tertiary/aromatic N) is 3. The molecule has 1 aliphatic rings. The second-order valence-electron chi connectivity index (χ2n) is 7.74. The molecule has 30 heavy (non-hydrogen) atoms. The van der Waals surface area contributed by atoms with Crippen LogP contribution < -0.4 is 5.73 Å². The van der Waals surface area contributed by atoms with Crippen molar-refractivity contribution in [3.05, 3.63) is 82.3 Å². The minimum absolute atomic E-state index is 0.0387. The number of carbonyl (C=O) groups excluding carboxylic acids is 1. The van der Waals surface area contributed by atoms with Gasteiger partial charge in [0, 0.05) is 47.0 Å². The molecule has 1 aliphatic carbocycles. The van der Waals surface area contributed by atoms with Crippen molar-refractivity contribution in [1.82, 2.24) is 14.9 Å². The van der Waals surface area contributed by atoms with E-state index in [9.17, 15) is 4.79 Å². The molecule has 0 saturated carbocycles. The molecule has 1 heterocycles. The van der Waals surface area contributed by atoms with Crippen molar-refractivity contribution in [2.45, 2.75) is 32.2 Å². The fourth-order valence-corrected chi connectivity index (χ4v) is 4.17. The van der Waals surface area contributed by atoms with Crippen LogP contribution >= 0.6 is 11.6 Å². The highest BCUT2D eigenvalue weighted by Gasteiger charge is 2.25. The van der Waals surface area contributed by atoms with Gasteiger partial charge in [-0.2, -0.15) is 0 Å². The summed E-state index contributed by atoms with van der Waals surface area (Å²) in [6.45, 7) is 3.60. The van der Waals surface area contributed by atoms with Gasteiger partial charge in [-0.1, -0.05) is 42.8 Å². The van der Waals surface area contributed by atoms with Crippen LogP contribution in [0.25, 0.3) is 11.3 Å². The van der Waals surface area contributed by atoms with Gasteiger partial charge in [0.15, 0.2) is 0 Å². The van der Waals surface area contributed by atoms with Crippen LogP contribution in [0, 0.1) is 0 Å². The van der Waals surface area contributed by atoms with Crippen LogP contribution in [0.3, 0.4) is 0 Å². The van der Waals surface area contributed by atoms with E-state index >= 15 is 0 Å². The number of aryl methyl sites for hydroxylation is 1. The van der Waals surface area contributed by atoms with E-state index in [0.29, 0.717) is 36.1 Å². The predicted molar refractivity (Wildman–Crippen MR) is 119 cm³/mol. The predicted octanol–water partition coefficient (Wildman–Crippen LogP) is 4.45. The molecule has 4 rings (SSSR count). The highest BCUT2D eigenvalue weighted by atomic mass is 35.5. The maximum absolute atomic E-state index is 13.1. The lowest BCUT2D eigenvalue weighted by molar-refractivity contribution is 0.0748. The van der Waals surface area contributed by atoms with Crippen LogP contribution in [0.1, 0.15) is 46.4 Å². The number of fused-ring (bicyclic) bond motifs is 1. The van der Waals surface area contributed by atoms with Gasteiger partial charge < -0.3 is 10.6 Å². The van der Waals surface area contributed by atoms with Crippen LogP contribution in [0.2, 0.25) is 5.02 Å². The standard InChI is InChI=1S/C24H25ClN4O/c1-16-2-11-21-22(16)23(28-15-27-21)18-5-7-19(8-6-18)24(30)29(13-12-26)14-17-3-9-20(25)10-4-17/h3-10,15-16H,2,11-14,26H2,1H3/t16-/m1/s1. The fourth-order valence-electron chi connectivity index (χ4n) is 4.05. The van der Waals surface area contributed by atoms with Gasteiger partial charge in [-0.3, -0.25) is 4.79 Å². The van der Waals surface area contributed by atoms with Crippen LogP contribution in [-0.2, 0) is 13.0 Å². The molecule has 0 saturated heterocycles. The molecule has 5 nitrogen and oxygen atoms in total. The van der Waals surface area contributed by atoms with Crippen molar-refractivity contribution in [2.24, 2.45) is 5.73 Å². The average Bonchev–Trinajstić information content (AvgIpc) is 3.16. The Kier molecular flexibility index (Phi) is 6.11. The Balaban J connectivity index is 1.56. The summed E-state index contributed by atoms with van der Waals surface area (Å²) < 4.78 is 0. The molecule has 154 valence electrons. The Labute approximate surface area is 181 Å². The molecule has 0 radical (unpaired) electrons. The van der Waals surface area contributed by atoms with Gasteiger partial charge in [0.2, 0.25) is 0 Å². The number of nitrogens with two attached hydrogens (primary N) is 1. The number of halogens is 1. The molecule has 0 bridgehead atoms. The fraction of sp³-hybridized carbons (Fsp3) is 0.292. The van der Waals surface area contributed by atoms with Crippen molar-refractivity contribution in [3.8, 4) is 11.3 Å². The Morgan fingerprint density at radius 1 is 1.13 bits per heavy atom. The number of carbonyl (C=O) groups is 1. The highest BCUT2D eigenvalue weighted by molar-refractivity contribution is 6.30. The lowest BCUT2D eigenvalue weighted by Gasteiger charge is -2.22. The molecule has 1 amide bonds. The number of benzene rings is 2. The normalized spacial score (nSPS) is 15.1. The molecule has 2 N–H and O–H groups in total. The first-order chi connectivity index (χ1) is 14.6. The monoisotopic (exact) mass is 420 g/mol. The van der Waals surface area contributed by atoms with Crippen LogP contribution in [0.15, 0.2) is 54.9 Å². The lowest BCUT2D eigenvalue weighted by Crippen LogP contribution is -2.34. The van der Waals surface area contributed by atoms with Crippen molar-refractivity contribution in [1.29, 1.82) is 0 Å². The first-order valence-electron chi connectivity index (χ1n) is 10.2. The number of hydrogen-bond donors (Lipinski definition) is 1. The van der Waals surface area contributed by atoms with Crippen molar-refractivity contribution in [3.63, 3.8) is 0 Å². The highest BCUT2D eigenvalue weighted by Crippen LogP contribution is 2.37. The van der Waals surface area contributed by atoms with Crippen molar-refractivity contribution < 1.29 is 4.79 Å². The van der Waals surface area contributed by atoms with E-state index in [1.807, 2.05) is 48.5 Å². The summed E-state index contributed by atoms with van der Waals surface area (Å²) in [5, 5.41) is 0.677. The molecule has 0 unspecified atom stereocenters. The smallest absolute Gasteiger partial charge is 0.254 e. The Morgan fingerprint density at radius 2 is 1.87 bits per heavy atom. The summed E-state index contributed by atoms with van der Waals surface area (Å²) in [4.78, 5) is 23.9. The number of hydrogen-bond acceptors (Lipinski definition) is 4. The van der Waals surface area contributed by atoms with E-state index in [1.165, 1.54) is 5.56 Å². The third-order valence-corrected chi connectivity index (χ3v) is 5.90. The summed E-state index contributed by atoms with van der Waals surface area (Å²) in [6, 6.07) is 15.2.